The van der Waals surface area contributed by atoms with E-state index in [2.05, 4.69) is 10.0 Å². The van der Waals surface area contributed by atoms with E-state index in [0.29, 0.717) is 24.3 Å². The normalized spacial score (nSPS) is 12.6. The molecule has 24 heavy (non-hydrogen) atoms. The smallest absolute Gasteiger partial charge is 0.241 e. The summed E-state index contributed by atoms with van der Waals surface area (Å²) in [6.45, 7) is 7.53. The minimum absolute atomic E-state index is 0. The molecule has 0 aliphatic rings. The van der Waals surface area contributed by atoms with Crippen LogP contribution in [0.15, 0.2) is 41.3 Å². The quantitative estimate of drug-likeness (QED) is 0.747. The summed E-state index contributed by atoms with van der Waals surface area (Å²) in [5.41, 5.74) is 0. The van der Waals surface area contributed by atoms with Crippen molar-refractivity contribution in [1.82, 2.24) is 10.0 Å². The maximum Gasteiger partial charge on any atom is 0.241 e. The summed E-state index contributed by atoms with van der Waals surface area (Å²) in [6, 6.07) is 10.8. The SMILES string of the molecule is CCN[C@H](C)CNS(=O)(=O)c1ccc(OCC)c2ccccc12.Cl. The molecule has 7 heteroatoms. The first-order valence-corrected chi connectivity index (χ1v) is 9.35. The van der Waals surface area contributed by atoms with Crippen LogP contribution in [0.1, 0.15) is 20.8 Å². The third-order valence-corrected chi connectivity index (χ3v) is 5.05. The molecule has 0 aliphatic heterocycles. The molecule has 1 atom stereocenters. The summed E-state index contributed by atoms with van der Waals surface area (Å²) in [4.78, 5) is 0.278. The van der Waals surface area contributed by atoms with Crippen LogP contribution in [0, 0.1) is 0 Å². The number of nitrogens with one attached hydrogen (secondary N) is 2. The van der Waals surface area contributed by atoms with E-state index in [1.54, 1.807) is 18.2 Å². The molecule has 0 saturated heterocycles. The number of sulfonamides is 1. The number of hydrogen-bond acceptors (Lipinski definition) is 4. The average molecular weight is 373 g/mol. The van der Waals surface area contributed by atoms with Gasteiger partial charge in [0.1, 0.15) is 5.75 Å². The van der Waals surface area contributed by atoms with Crippen LogP contribution in [-0.4, -0.2) is 34.2 Å². The largest absolute Gasteiger partial charge is 0.493 e. The molecule has 0 aliphatic carbocycles. The van der Waals surface area contributed by atoms with Crippen molar-refractivity contribution in [2.24, 2.45) is 0 Å². The van der Waals surface area contributed by atoms with Gasteiger partial charge in [-0.15, -0.1) is 12.4 Å². The van der Waals surface area contributed by atoms with E-state index in [4.69, 9.17) is 4.74 Å². The zero-order chi connectivity index (χ0) is 16.9. The number of benzene rings is 2. The van der Waals surface area contributed by atoms with Crippen molar-refractivity contribution in [2.75, 3.05) is 19.7 Å². The van der Waals surface area contributed by atoms with E-state index in [9.17, 15) is 8.42 Å². The lowest BCUT2D eigenvalue weighted by atomic mass is 10.1. The fourth-order valence-electron chi connectivity index (χ4n) is 2.49. The molecule has 0 saturated carbocycles. The molecule has 0 radical (unpaired) electrons. The van der Waals surface area contributed by atoms with Crippen LogP contribution >= 0.6 is 12.4 Å². The molecule has 2 N–H and O–H groups in total. The number of likely N-dealkylation sites (N-methyl/N-ethyl adjacent to an activating group) is 1. The van der Waals surface area contributed by atoms with E-state index in [0.717, 1.165) is 11.9 Å². The Kier molecular flexibility index (Phi) is 7.96. The summed E-state index contributed by atoms with van der Waals surface area (Å²) in [7, 11) is -3.58. The molecular formula is C17H25ClN2O3S. The van der Waals surface area contributed by atoms with Crippen LogP contribution < -0.4 is 14.8 Å². The van der Waals surface area contributed by atoms with Gasteiger partial charge < -0.3 is 10.1 Å². The van der Waals surface area contributed by atoms with Crippen molar-refractivity contribution in [1.29, 1.82) is 0 Å². The Balaban J connectivity index is 0.00000288. The van der Waals surface area contributed by atoms with Gasteiger partial charge in [0.2, 0.25) is 10.0 Å². The number of hydrogen-bond donors (Lipinski definition) is 2. The lowest BCUT2D eigenvalue weighted by molar-refractivity contribution is 0.344. The van der Waals surface area contributed by atoms with Gasteiger partial charge in [0.25, 0.3) is 0 Å². The molecule has 2 aromatic carbocycles. The van der Waals surface area contributed by atoms with Crippen molar-refractivity contribution in [2.45, 2.75) is 31.7 Å². The highest BCUT2D eigenvalue weighted by Gasteiger charge is 2.19. The summed E-state index contributed by atoms with van der Waals surface area (Å²) in [5.74, 6) is 0.697. The van der Waals surface area contributed by atoms with Crippen LogP contribution in [-0.2, 0) is 10.0 Å². The van der Waals surface area contributed by atoms with Gasteiger partial charge in [-0.1, -0.05) is 31.2 Å². The molecule has 5 nitrogen and oxygen atoms in total. The minimum atomic E-state index is -3.58. The number of halogens is 1. The van der Waals surface area contributed by atoms with Gasteiger partial charge in [-0.25, -0.2) is 13.1 Å². The molecule has 2 aromatic rings. The summed E-state index contributed by atoms with van der Waals surface area (Å²) in [5, 5.41) is 4.66. The Hall–Kier alpha value is -1.34. The Morgan fingerprint density at radius 1 is 1.08 bits per heavy atom. The highest BCUT2D eigenvalue weighted by molar-refractivity contribution is 7.89. The molecule has 0 bridgehead atoms. The predicted octanol–water partition coefficient (Wildman–Crippen LogP) is 2.94. The summed E-state index contributed by atoms with van der Waals surface area (Å²) >= 11 is 0. The third-order valence-electron chi connectivity index (χ3n) is 3.57. The first-order valence-electron chi connectivity index (χ1n) is 7.87. The molecule has 0 spiro atoms. The Labute approximate surface area is 150 Å². The standard InChI is InChI=1S/C17H24N2O3S.ClH/c1-4-18-13(3)12-19-23(20,21)17-11-10-16(22-5-2)14-8-6-7-9-15(14)17;/h6-11,13,18-19H,4-5,12H2,1-3H3;1H/t13-;/m1./s1. The van der Waals surface area contributed by atoms with Crippen LogP contribution in [0.4, 0.5) is 0 Å². The molecule has 134 valence electrons. The summed E-state index contributed by atoms with van der Waals surface area (Å²) < 4.78 is 33.6. The van der Waals surface area contributed by atoms with Gasteiger partial charge in [0, 0.05) is 23.4 Å². The van der Waals surface area contributed by atoms with Crippen molar-refractivity contribution < 1.29 is 13.2 Å². The molecule has 0 aromatic heterocycles. The second-order valence-corrected chi connectivity index (χ2v) is 7.09. The lowest BCUT2D eigenvalue weighted by Crippen LogP contribution is -2.38. The van der Waals surface area contributed by atoms with Gasteiger partial charge >= 0.3 is 0 Å². The fourth-order valence-corrected chi connectivity index (χ4v) is 3.83. The van der Waals surface area contributed by atoms with E-state index in [1.165, 1.54) is 0 Å². The fraction of sp³-hybridized carbons (Fsp3) is 0.412. The Morgan fingerprint density at radius 2 is 1.75 bits per heavy atom. The van der Waals surface area contributed by atoms with Crippen LogP contribution in [0.25, 0.3) is 10.8 Å². The van der Waals surface area contributed by atoms with E-state index < -0.39 is 10.0 Å². The van der Waals surface area contributed by atoms with Gasteiger partial charge in [-0.3, -0.25) is 0 Å². The van der Waals surface area contributed by atoms with Crippen molar-refractivity contribution in [3.05, 3.63) is 36.4 Å². The number of rotatable bonds is 8. The van der Waals surface area contributed by atoms with Crippen LogP contribution in [0.2, 0.25) is 0 Å². The summed E-state index contributed by atoms with van der Waals surface area (Å²) in [6.07, 6.45) is 0. The average Bonchev–Trinajstić information content (AvgIpc) is 2.54. The monoisotopic (exact) mass is 372 g/mol. The molecule has 0 amide bonds. The van der Waals surface area contributed by atoms with Crippen LogP contribution in [0.3, 0.4) is 0 Å². The van der Waals surface area contributed by atoms with Crippen LogP contribution in [0.5, 0.6) is 5.75 Å². The highest BCUT2D eigenvalue weighted by atomic mass is 35.5. The van der Waals surface area contributed by atoms with Crippen molar-refractivity contribution in [3.63, 3.8) is 0 Å². The molecular weight excluding hydrogens is 348 g/mol. The zero-order valence-corrected chi connectivity index (χ0v) is 15.8. The number of fused-ring (bicyclic) bond motifs is 1. The predicted molar refractivity (Wildman–Crippen MR) is 101 cm³/mol. The number of ether oxygens (including phenoxy) is 1. The van der Waals surface area contributed by atoms with E-state index in [1.807, 2.05) is 39.0 Å². The molecule has 2 rings (SSSR count). The van der Waals surface area contributed by atoms with E-state index >= 15 is 0 Å². The maximum atomic E-state index is 12.6. The van der Waals surface area contributed by atoms with Gasteiger partial charge in [-0.05, 0) is 32.5 Å². The third kappa shape index (κ3) is 4.83. The van der Waals surface area contributed by atoms with Crippen molar-refractivity contribution in [3.8, 4) is 5.75 Å². The van der Waals surface area contributed by atoms with E-state index in [-0.39, 0.29) is 23.3 Å². The first kappa shape index (κ1) is 20.7. The second kappa shape index (κ2) is 9.22. The molecule has 0 heterocycles. The van der Waals surface area contributed by atoms with Crippen molar-refractivity contribution >= 4 is 33.2 Å². The molecule has 0 unspecified atom stereocenters. The minimum Gasteiger partial charge on any atom is -0.493 e. The van der Waals surface area contributed by atoms with Gasteiger partial charge in [0.15, 0.2) is 0 Å². The van der Waals surface area contributed by atoms with Gasteiger partial charge in [-0.2, -0.15) is 0 Å². The first-order chi connectivity index (χ1) is 11.0. The Morgan fingerprint density at radius 3 is 2.38 bits per heavy atom. The lowest BCUT2D eigenvalue weighted by Gasteiger charge is -2.15. The second-order valence-electron chi connectivity index (χ2n) is 5.35. The van der Waals surface area contributed by atoms with Gasteiger partial charge in [0.05, 0.1) is 11.5 Å². The highest BCUT2D eigenvalue weighted by Crippen LogP contribution is 2.30. The topological polar surface area (TPSA) is 67.4 Å². The zero-order valence-electron chi connectivity index (χ0n) is 14.2. The molecule has 0 fully saturated rings. The Bertz CT molecular complexity index is 766. The maximum absolute atomic E-state index is 12.6.